The van der Waals surface area contributed by atoms with E-state index in [9.17, 15) is 17.2 Å². The lowest BCUT2D eigenvalue weighted by molar-refractivity contribution is -0.0498. The lowest BCUT2D eigenvalue weighted by atomic mass is 9.93. The van der Waals surface area contributed by atoms with E-state index >= 15 is 0 Å². The number of sulfonamides is 1. The molecule has 0 bridgehead atoms. The van der Waals surface area contributed by atoms with Gasteiger partial charge in [-0.05, 0) is 43.2 Å². The van der Waals surface area contributed by atoms with Crippen LogP contribution in [0.1, 0.15) is 18.9 Å². The average Bonchev–Trinajstić information content (AvgIpc) is 2.75. The molecular weight excluding hydrogens is 426 g/mol. The lowest BCUT2D eigenvalue weighted by Crippen LogP contribution is -2.52. The number of hydrogen-bond donors (Lipinski definition) is 1. The molecule has 0 spiro atoms. The van der Waals surface area contributed by atoms with Gasteiger partial charge in [0.1, 0.15) is 11.5 Å². The van der Waals surface area contributed by atoms with Crippen LogP contribution in [0.5, 0.6) is 11.5 Å². The predicted octanol–water partition coefficient (Wildman–Crippen LogP) is 3.50. The molecule has 0 aromatic heterocycles. The molecular formula is C22H28F2N2O4S. The monoisotopic (exact) mass is 454 g/mol. The number of halogens is 2. The van der Waals surface area contributed by atoms with Gasteiger partial charge in [0.25, 0.3) is 0 Å². The Morgan fingerprint density at radius 2 is 1.77 bits per heavy atom. The Balaban J connectivity index is 1.64. The van der Waals surface area contributed by atoms with Crippen molar-refractivity contribution in [2.75, 3.05) is 25.4 Å². The van der Waals surface area contributed by atoms with E-state index in [-0.39, 0.29) is 23.5 Å². The van der Waals surface area contributed by atoms with Gasteiger partial charge in [-0.15, -0.1) is 0 Å². The van der Waals surface area contributed by atoms with E-state index < -0.39 is 16.6 Å². The highest BCUT2D eigenvalue weighted by atomic mass is 32.2. The second kappa shape index (κ2) is 10.9. The molecule has 0 amide bonds. The molecule has 0 aliphatic carbocycles. The van der Waals surface area contributed by atoms with Crippen molar-refractivity contribution >= 4 is 10.0 Å². The highest BCUT2D eigenvalue weighted by Gasteiger charge is 2.32. The summed E-state index contributed by atoms with van der Waals surface area (Å²) in [5.74, 6) is 0.536. The summed E-state index contributed by atoms with van der Waals surface area (Å²) in [5, 5.41) is 0. The summed E-state index contributed by atoms with van der Waals surface area (Å²) in [4.78, 5) is 2.29. The Hall–Kier alpha value is -2.23. The Labute approximate surface area is 182 Å². The van der Waals surface area contributed by atoms with Gasteiger partial charge < -0.3 is 9.47 Å². The molecule has 9 heteroatoms. The number of benzene rings is 2. The number of rotatable bonds is 10. The van der Waals surface area contributed by atoms with Crippen LogP contribution in [0.2, 0.25) is 0 Å². The van der Waals surface area contributed by atoms with Crippen molar-refractivity contribution in [2.45, 2.75) is 32.5 Å². The summed E-state index contributed by atoms with van der Waals surface area (Å²) in [6.07, 6.45) is 0.682. The number of nitrogens with one attached hydrogen (secondary N) is 1. The van der Waals surface area contributed by atoms with Crippen LogP contribution in [0.15, 0.2) is 54.6 Å². The van der Waals surface area contributed by atoms with Crippen LogP contribution in [-0.2, 0) is 16.6 Å². The summed E-state index contributed by atoms with van der Waals surface area (Å²) >= 11 is 0. The van der Waals surface area contributed by atoms with Crippen molar-refractivity contribution in [3.8, 4) is 11.5 Å². The maximum atomic E-state index is 12.3. The van der Waals surface area contributed by atoms with Gasteiger partial charge in [0.15, 0.2) is 0 Å². The number of ether oxygens (including phenoxy) is 2. The Kier molecular flexibility index (Phi) is 8.22. The second-order valence-electron chi connectivity index (χ2n) is 7.56. The van der Waals surface area contributed by atoms with E-state index in [0.29, 0.717) is 25.3 Å². The van der Waals surface area contributed by atoms with E-state index in [1.165, 1.54) is 17.7 Å². The Morgan fingerprint density at radius 1 is 1.10 bits per heavy atom. The quantitative estimate of drug-likeness (QED) is 0.595. The van der Waals surface area contributed by atoms with Crippen molar-refractivity contribution in [3.05, 3.63) is 60.2 Å². The molecule has 0 radical (unpaired) electrons. The number of nitrogens with zero attached hydrogens (tertiary/aromatic N) is 1. The van der Waals surface area contributed by atoms with E-state index in [2.05, 4.69) is 26.5 Å². The van der Waals surface area contributed by atoms with E-state index in [4.69, 9.17) is 4.74 Å². The summed E-state index contributed by atoms with van der Waals surface area (Å²) in [6, 6.07) is 15.9. The van der Waals surface area contributed by atoms with Gasteiger partial charge in [-0.3, -0.25) is 4.90 Å². The zero-order valence-corrected chi connectivity index (χ0v) is 18.2. The van der Waals surface area contributed by atoms with E-state index in [0.717, 1.165) is 13.1 Å². The maximum Gasteiger partial charge on any atom is 0.387 e. The smallest absolute Gasteiger partial charge is 0.387 e. The van der Waals surface area contributed by atoms with Gasteiger partial charge in [-0.2, -0.15) is 8.78 Å². The minimum absolute atomic E-state index is 0.0242. The molecule has 2 aromatic carbocycles. The third-order valence-corrected chi connectivity index (χ3v) is 6.71. The second-order valence-corrected chi connectivity index (χ2v) is 9.60. The van der Waals surface area contributed by atoms with Gasteiger partial charge in [0.2, 0.25) is 10.0 Å². The van der Waals surface area contributed by atoms with Crippen molar-refractivity contribution in [1.29, 1.82) is 0 Å². The normalized spacial score (nSPS) is 20.0. The fourth-order valence-corrected chi connectivity index (χ4v) is 4.59. The summed E-state index contributed by atoms with van der Waals surface area (Å²) in [5.41, 5.74) is 1.20. The molecule has 3 rings (SSSR count). The summed E-state index contributed by atoms with van der Waals surface area (Å²) < 4.78 is 61.9. The van der Waals surface area contributed by atoms with Gasteiger partial charge in [0.05, 0.1) is 12.4 Å². The van der Waals surface area contributed by atoms with Gasteiger partial charge in [0, 0.05) is 31.6 Å². The molecule has 1 saturated heterocycles. The third-order valence-electron chi connectivity index (χ3n) is 5.29. The van der Waals surface area contributed by atoms with Crippen LogP contribution in [0, 0.1) is 5.92 Å². The molecule has 6 nitrogen and oxygen atoms in total. The summed E-state index contributed by atoms with van der Waals surface area (Å²) in [6.45, 7) is 1.28. The van der Waals surface area contributed by atoms with Crippen molar-refractivity contribution in [3.63, 3.8) is 0 Å². The lowest BCUT2D eigenvalue weighted by Gasteiger charge is -2.38. The van der Waals surface area contributed by atoms with Crippen molar-refractivity contribution in [1.82, 2.24) is 9.62 Å². The van der Waals surface area contributed by atoms with Gasteiger partial charge >= 0.3 is 6.61 Å². The van der Waals surface area contributed by atoms with Crippen LogP contribution in [0.4, 0.5) is 8.78 Å². The van der Waals surface area contributed by atoms with Crippen LogP contribution >= 0.6 is 0 Å². The standard InChI is InChI=1S/C22H28F2N2O4S/c1-2-31(27,28)25-21-12-13-26(14-17-6-4-3-5-7-17)15-18(21)16-29-19-8-10-20(11-9-19)30-22(23)24/h3-11,18,21-22,25H,2,12-16H2,1H3/t18-,21+/m1/s1. The topological polar surface area (TPSA) is 67.9 Å². The molecule has 2 aromatic rings. The fourth-order valence-electron chi connectivity index (χ4n) is 3.65. The Morgan fingerprint density at radius 3 is 2.42 bits per heavy atom. The third kappa shape index (κ3) is 7.45. The largest absolute Gasteiger partial charge is 0.493 e. The van der Waals surface area contributed by atoms with E-state index in [1.54, 1.807) is 19.1 Å². The highest BCUT2D eigenvalue weighted by Crippen LogP contribution is 2.24. The molecule has 1 aliphatic heterocycles. The first-order valence-corrected chi connectivity index (χ1v) is 11.9. The molecule has 31 heavy (non-hydrogen) atoms. The first-order valence-electron chi connectivity index (χ1n) is 10.3. The van der Waals surface area contributed by atoms with Crippen LogP contribution in [-0.4, -0.2) is 51.4 Å². The number of likely N-dealkylation sites (tertiary alicyclic amines) is 1. The molecule has 0 saturated carbocycles. The first-order chi connectivity index (χ1) is 14.8. The molecule has 1 aliphatic rings. The Bertz CT molecular complexity index is 911. The van der Waals surface area contributed by atoms with E-state index in [1.807, 2.05) is 18.2 Å². The minimum Gasteiger partial charge on any atom is -0.493 e. The molecule has 0 unspecified atom stereocenters. The van der Waals surface area contributed by atoms with Crippen LogP contribution in [0.3, 0.4) is 0 Å². The maximum absolute atomic E-state index is 12.3. The molecule has 1 heterocycles. The highest BCUT2D eigenvalue weighted by molar-refractivity contribution is 7.89. The fraction of sp³-hybridized carbons (Fsp3) is 0.455. The zero-order valence-electron chi connectivity index (χ0n) is 17.4. The predicted molar refractivity (Wildman–Crippen MR) is 115 cm³/mol. The van der Waals surface area contributed by atoms with Gasteiger partial charge in [-0.25, -0.2) is 13.1 Å². The number of alkyl halides is 2. The zero-order chi connectivity index (χ0) is 22.3. The molecule has 1 fully saturated rings. The number of piperidine rings is 1. The van der Waals surface area contributed by atoms with Crippen molar-refractivity contribution in [2.24, 2.45) is 5.92 Å². The summed E-state index contributed by atoms with van der Waals surface area (Å²) in [7, 11) is -3.34. The van der Waals surface area contributed by atoms with Crippen LogP contribution < -0.4 is 14.2 Å². The molecule has 2 atom stereocenters. The molecule has 170 valence electrons. The minimum atomic E-state index is -3.34. The van der Waals surface area contributed by atoms with Crippen LogP contribution in [0.25, 0.3) is 0 Å². The number of hydrogen-bond acceptors (Lipinski definition) is 5. The molecule has 1 N–H and O–H groups in total. The average molecular weight is 455 g/mol. The SMILES string of the molecule is CCS(=O)(=O)N[C@H]1CCN(Cc2ccccc2)C[C@@H]1COc1ccc(OC(F)F)cc1. The first kappa shape index (κ1) is 23.4. The van der Waals surface area contributed by atoms with Gasteiger partial charge in [-0.1, -0.05) is 30.3 Å². The van der Waals surface area contributed by atoms with Crippen molar-refractivity contribution < 1.29 is 26.7 Å².